The molecule has 0 amide bonds. The van der Waals surface area contributed by atoms with Crippen LogP contribution >= 0.6 is 0 Å². The monoisotopic (exact) mass is 375 g/mol. The lowest BCUT2D eigenvalue weighted by Gasteiger charge is -2.20. The molecule has 0 aliphatic rings. The van der Waals surface area contributed by atoms with E-state index in [9.17, 15) is 8.42 Å². The third-order valence-corrected chi connectivity index (χ3v) is 6.35. The van der Waals surface area contributed by atoms with Crippen LogP contribution in [-0.2, 0) is 10.0 Å². The second-order valence-electron chi connectivity index (χ2n) is 7.22. The van der Waals surface area contributed by atoms with Gasteiger partial charge >= 0.3 is 0 Å². The lowest BCUT2D eigenvalue weighted by molar-refractivity contribution is 0.406. The fraction of sp³-hybridized carbons (Fsp3) is 0.429. The van der Waals surface area contributed by atoms with Crippen LogP contribution in [0.3, 0.4) is 0 Å². The van der Waals surface area contributed by atoms with Crippen molar-refractivity contribution in [3.63, 3.8) is 0 Å². The molecule has 4 nitrogen and oxygen atoms in total. The first-order valence-electron chi connectivity index (χ1n) is 8.84. The van der Waals surface area contributed by atoms with E-state index in [2.05, 4.69) is 4.72 Å². The SMILES string of the molecule is COc1cc(C)c(S(=O)(=O)NC(C)c2cc(C)ccc2C)cc1C(C)C. The van der Waals surface area contributed by atoms with Crippen LogP contribution < -0.4 is 9.46 Å². The number of hydrogen-bond acceptors (Lipinski definition) is 3. The average Bonchev–Trinajstić information content (AvgIpc) is 2.55. The first-order chi connectivity index (χ1) is 12.1. The summed E-state index contributed by atoms with van der Waals surface area (Å²) in [6.07, 6.45) is 0. The predicted octanol–water partition coefficient (Wildman–Crippen LogP) is 4.78. The van der Waals surface area contributed by atoms with Gasteiger partial charge in [0.05, 0.1) is 12.0 Å². The van der Waals surface area contributed by atoms with Gasteiger partial charge in [0.1, 0.15) is 5.75 Å². The molecule has 5 heteroatoms. The summed E-state index contributed by atoms with van der Waals surface area (Å²) in [5.41, 5.74) is 4.73. The summed E-state index contributed by atoms with van der Waals surface area (Å²) >= 11 is 0. The predicted molar refractivity (Wildman–Crippen MR) is 106 cm³/mol. The molecule has 2 aromatic rings. The van der Waals surface area contributed by atoms with Gasteiger partial charge in [0.2, 0.25) is 10.0 Å². The summed E-state index contributed by atoms with van der Waals surface area (Å²) in [7, 11) is -2.05. The van der Waals surface area contributed by atoms with Crippen molar-refractivity contribution in [1.29, 1.82) is 0 Å². The maximum atomic E-state index is 13.1. The number of sulfonamides is 1. The first kappa shape index (κ1) is 20.5. The number of rotatable bonds is 6. The van der Waals surface area contributed by atoms with E-state index in [1.54, 1.807) is 26.2 Å². The number of hydrogen-bond donors (Lipinski definition) is 1. The van der Waals surface area contributed by atoms with E-state index in [-0.39, 0.29) is 12.0 Å². The second kappa shape index (κ2) is 7.80. The highest BCUT2D eigenvalue weighted by molar-refractivity contribution is 7.89. The molecular formula is C21H29NO3S. The third-order valence-electron chi connectivity index (χ3n) is 4.67. The summed E-state index contributed by atoms with van der Waals surface area (Å²) in [5.74, 6) is 0.884. The van der Waals surface area contributed by atoms with Gasteiger partial charge in [0.15, 0.2) is 0 Å². The van der Waals surface area contributed by atoms with Crippen molar-refractivity contribution in [3.8, 4) is 5.75 Å². The molecule has 2 aromatic carbocycles. The lowest BCUT2D eigenvalue weighted by Crippen LogP contribution is -2.28. The zero-order valence-corrected chi connectivity index (χ0v) is 17.5. The Balaban J connectivity index is 2.44. The Morgan fingerprint density at radius 2 is 1.58 bits per heavy atom. The van der Waals surface area contributed by atoms with Crippen LogP contribution in [0.5, 0.6) is 5.75 Å². The minimum atomic E-state index is -3.65. The van der Waals surface area contributed by atoms with Gasteiger partial charge in [-0.05, 0) is 68.0 Å². The number of ether oxygens (including phenoxy) is 1. The zero-order valence-electron chi connectivity index (χ0n) is 16.7. The van der Waals surface area contributed by atoms with Crippen LogP contribution in [0.1, 0.15) is 60.5 Å². The summed E-state index contributed by atoms with van der Waals surface area (Å²) in [5, 5.41) is 0. The number of aryl methyl sites for hydroxylation is 3. The van der Waals surface area contributed by atoms with E-state index in [0.29, 0.717) is 10.5 Å². The summed E-state index contributed by atoms with van der Waals surface area (Å²) in [6.45, 7) is 11.7. The van der Waals surface area contributed by atoms with E-state index in [1.807, 2.05) is 52.8 Å². The van der Waals surface area contributed by atoms with Crippen molar-refractivity contribution in [1.82, 2.24) is 4.72 Å². The minimum absolute atomic E-state index is 0.163. The van der Waals surface area contributed by atoms with Crippen molar-refractivity contribution in [3.05, 3.63) is 58.1 Å². The molecule has 0 saturated heterocycles. The van der Waals surface area contributed by atoms with Crippen molar-refractivity contribution in [2.75, 3.05) is 7.11 Å². The molecule has 142 valence electrons. The van der Waals surface area contributed by atoms with Crippen molar-refractivity contribution in [2.45, 2.75) is 58.4 Å². The van der Waals surface area contributed by atoms with Gasteiger partial charge < -0.3 is 4.74 Å². The van der Waals surface area contributed by atoms with Gasteiger partial charge in [0, 0.05) is 6.04 Å². The molecule has 1 unspecified atom stereocenters. The molecule has 0 spiro atoms. The first-order valence-corrected chi connectivity index (χ1v) is 10.3. The maximum absolute atomic E-state index is 13.1. The molecule has 0 aromatic heterocycles. The van der Waals surface area contributed by atoms with Crippen molar-refractivity contribution in [2.24, 2.45) is 0 Å². The van der Waals surface area contributed by atoms with Gasteiger partial charge in [-0.3, -0.25) is 0 Å². The van der Waals surface area contributed by atoms with Crippen molar-refractivity contribution >= 4 is 10.0 Å². The molecule has 0 heterocycles. The molecule has 0 fully saturated rings. The molecule has 26 heavy (non-hydrogen) atoms. The molecule has 0 aliphatic heterocycles. The smallest absolute Gasteiger partial charge is 0.241 e. The topological polar surface area (TPSA) is 55.4 Å². The Morgan fingerprint density at radius 1 is 0.923 bits per heavy atom. The number of benzene rings is 2. The maximum Gasteiger partial charge on any atom is 0.241 e. The highest BCUT2D eigenvalue weighted by Gasteiger charge is 2.23. The average molecular weight is 376 g/mol. The van der Waals surface area contributed by atoms with E-state index < -0.39 is 10.0 Å². The standard InChI is InChI=1S/C21H29NO3S/c1-13(2)18-12-21(16(5)11-20(18)25-7)26(23,24)22-17(6)19-10-14(3)8-9-15(19)4/h8-13,17,22H,1-7H3. The van der Waals surface area contributed by atoms with Crippen LogP contribution in [0.4, 0.5) is 0 Å². The van der Waals surface area contributed by atoms with Gasteiger partial charge in [-0.25, -0.2) is 13.1 Å². The minimum Gasteiger partial charge on any atom is -0.496 e. The summed E-state index contributed by atoms with van der Waals surface area (Å²) < 4.78 is 34.4. The Kier molecular flexibility index (Phi) is 6.14. The molecule has 1 N–H and O–H groups in total. The van der Waals surface area contributed by atoms with E-state index in [1.165, 1.54) is 0 Å². The molecular weight excluding hydrogens is 346 g/mol. The zero-order chi connectivity index (χ0) is 19.6. The Hall–Kier alpha value is -1.85. The van der Waals surface area contributed by atoms with Gasteiger partial charge in [0.25, 0.3) is 0 Å². The molecule has 0 saturated carbocycles. The lowest BCUT2D eigenvalue weighted by atomic mass is 10.0. The highest BCUT2D eigenvalue weighted by atomic mass is 32.2. The van der Waals surface area contributed by atoms with Crippen LogP contribution in [0.25, 0.3) is 0 Å². The molecule has 0 bridgehead atoms. The second-order valence-corrected chi connectivity index (χ2v) is 8.90. The van der Waals surface area contributed by atoms with E-state index in [4.69, 9.17) is 4.74 Å². The normalized spacial score (nSPS) is 13.1. The molecule has 0 radical (unpaired) electrons. The van der Waals surface area contributed by atoms with Gasteiger partial charge in [-0.2, -0.15) is 0 Å². The Labute approximate surface area is 157 Å². The highest BCUT2D eigenvalue weighted by Crippen LogP contribution is 2.32. The molecule has 1 atom stereocenters. The Morgan fingerprint density at radius 3 is 2.15 bits per heavy atom. The largest absolute Gasteiger partial charge is 0.496 e. The quantitative estimate of drug-likeness (QED) is 0.790. The fourth-order valence-corrected chi connectivity index (χ4v) is 4.67. The van der Waals surface area contributed by atoms with Crippen molar-refractivity contribution < 1.29 is 13.2 Å². The van der Waals surface area contributed by atoms with Crippen LogP contribution in [0, 0.1) is 20.8 Å². The van der Waals surface area contributed by atoms with Gasteiger partial charge in [-0.15, -0.1) is 0 Å². The number of methoxy groups -OCH3 is 1. The third kappa shape index (κ3) is 4.27. The van der Waals surface area contributed by atoms with Crippen LogP contribution in [-0.4, -0.2) is 15.5 Å². The van der Waals surface area contributed by atoms with E-state index >= 15 is 0 Å². The fourth-order valence-electron chi connectivity index (χ4n) is 3.18. The number of nitrogens with one attached hydrogen (secondary N) is 1. The van der Waals surface area contributed by atoms with E-state index in [0.717, 1.165) is 28.0 Å². The Bertz CT molecular complexity index is 902. The van der Waals surface area contributed by atoms with Gasteiger partial charge in [-0.1, -0.05) is 37.6 Å². The van der Waals surface area contributed by atoms with Crippen LogP contribution in [0.15, 0.2) is 35.2 Å². The summed E-state index contributed by atoms with van der Waals surface area (Å²) in [4.78, 5) is 0.305. The molecule has 2 rings (SSSR count). The van der Waals surface area contributed by atoms with Crippen LogP contribution in [0.2, 0.25) is 0 Å². The summed E-state index contributed by atoms with van der Waals surface area (Å²) in [6, 6.07) is 9.30. The molecule has 0 aliphatic carbocycles.